The predicted octanol–water partition coefficient (Wildman–Crippen LogP) is 2.17. The van der Waals surface area contributed by atoms with Crippen LogP contribution in [0.2, 0.25) is 0 Å². The summed E-state index contributed by atoms with van der Waals surface area (Å²) in [5.74, 6) is 0. The van der Waals surface area contributed by atoms with Gasteiger partial charge >= 0.3 is 14.2 Å². The molecule has 2 heterocycles. The van der Waals surface area contributed by atoms with Crippen LogP contribution in [0.1, 0.15) is 61.0 Å². The molecular weight excluding hydrogens is 363 g/mol. The fraction of sp³-hybridized carbons (Fsp3) is 0.684. The fourth-order valence-electron chi connectivity index (χ4n) is 3.11. The van der Waals surface area contributed by atoms with Gasteiger partial charge in [0.25, 0.3) is 0 Å². The molecule has 0 atom stereocenters. The van der Waals surface area contributed by atoms with Crippen molar-refractivity contribution < 1.29 is 18.6 Å². The molecule has 0 aromatic heterocycles. The molecule has 1 aromatic carbocycles. The molecule has 5 nitrogen and oxygen atoms in total. The normalized spacial score (nSPS) is 24.8. The first kappa shape index (κ1) is 22.7. The molecular formula is C19H32B2ClNO4. The minimum absolute atomic E-state index is 0. The second-order valence-corrected chi connectivity index (χ2v) is 9.34. The zero-order valence-corrected chi connectivity index (χ0v) is 18.5. The van der Waals surface area contributed by atoms with Gasteiger partial charge in [-0.1, -0.05) is 18.2 Å². The van der Waals surface area contributed by atoms with E-state index in [0.717, 1.165) is 16.5 Å². The van der Waals surface area contributed by atoms with E-state index >= 15 is 0 Å². The molecule has 27 heavy (non-hydrogen) atoms. The van der Waals surface area contributed by atoms with Crippen molar-refractivity contribution in [3.05, 3.63) is 23.8 Å². The van der Waals surface area contributed by atoms with Crippen molar-refractivity contribution >= 4 is 37.6 Å². The number of rotatable bonds is 3. The topological polar surface area (TPSA) is 62.9 Å². The van der Waals surface area contributed by atoms with E-state index in [1.807, 2.05) is 45.9 Å². The lowest BCUT2D eigenvalue weighted by atomic mass is 9.64. The number of nitrogens with two attached hydrogens (primary N) is 1. The molecule has 2 fully saturated rings. The van der Waals surface area contributed by atoms with E-state index in [2.05, 4.69) is 27.7 Å². The standard InChI is InChI=1S/C19H31B2NO4.ClH/c1-16(2)17(3,4)24-20(23-16)14-10-9-13(12-22)11-15(14)21-25-18(5,6)19(7,8)26-21;/h9-11H,12,22H2,1-8H3;1H. The van der Waals surface area contributed by atoms with Crippen LogP contribution in [-0.4, -0.2) is 36.6 Å². The third-order valence-electron chi connectivity index (χ3n) is 6.40. The zero-order chi connectivity index (χ0) is 19.5. The molecule has 2 N–H and O–H groups in total. The molecule has 0 saturated carbocycles. The summed E-state index contributed by atoms with van der Waals surface area (Å²) in [6.07, 6.45) is 0. The third kappa shape index (κ3) is 3.83. The third-order valence-corrected chi connectivity index (χ3v) is 6.40. The van der Waals surface area contributed by atoms with Crippen LogP contribution in [0, 0.1) is 0 Å². The molecule has 3 rings (SSSR count). The van der Waals surface area contributed by atoms with E-state index in [0.29, 0.717) is 6.54 Å². The molecule has 1 aromatic rings. The van der Waals surface area contributed by atoms with E-state index < -0.39 is 36.6 Å². The number of hydrogen-bond donors (Lipinski definition) is 1. The summed E-state index contributed by atoms with van der Waals surface area (Å²) in [7, 11) is -0.957. The smallest absolute Gasteiger partial charge is 0.399 e. The van der Waals surface area contributed by atoms with Crippen molar-refractivity contribution in [1.29, 1.82) is 0 Å². The van der Waals surface area contributed by atoms with Gasteiger partial charge in [0.15, 0.2) is 0 Å². The van der Waals surface area contributed by atoms with Crippen molar-refractivity contribution in [2.45, 2.75) is 84.3 Å². The lowest BCUT2D eigenvalue weighted by Gasteiger charge is -2.32. The maximum Gasteiger partial charge on any atom is 0.494 e. The molecule has 0 unspecified atom stereocenters. The Labute approximate surface area is 170 Å². The van der Waals surface area contributed by atoms with Gasteiger partial charge in [-0.2, -0.15) is 0 Å². The highest BCUT2D eigenvalue weighted by Crippen LogP contribution is 2.38. The average Bonchev–Trinajstić information content (AvgIpc) is 2.86. The van der Waals surface area contributed by atoms with Crippen LogP contribution >= 0.6 is 12.4 Å². The quantitative estimate of drug-likeness (QED) is 0.795. The highest BCUT2D eigenvalue weighted by molar-refractivity contribution is 6.74. The van der Waals surface area contributed by atoms with Gasteiger partial charge in [0.2, 0.25) is 0 Å². The summed E-state index contributed by atoms with van der Waals surface area (Å²) < 4.78 is 25.1. The lowest BCUT2D eigenvalue weighted by molar-refractivity contribution is 0.00578. The predicted molar refractivity (Wildman–Crippen MR) is 113 cm³/mol. The van der Waals surface area contributed by atoms with Crippen LogP contribution in [0.5, 0.6) is 0 Å². The second-order valence-electron chi connectivity index (χ2n) is 9.34. The van der Waals surface area contributed by atoms with Crippen molar-refractivity contribution in [2.75, 3.05) is 0 Å². The molecule has 2 aliphatic rings. The second kappa shape index (κ2) is 7.05. The van der Waals surface area contributed by atoms with Gasteiger partial charge in [-0.3, -0.25) is 0 Å². The Bertz CT molecular complexity index is 677. The minimum atomic E-state index is -0.486. The average molecular weight is 396 g/mol. The maximum absolute atomic E-state index is 6.28. The number of halogens is 1. The van der Waals surface area contributed by atoms with E-state index in [1.54, 1.807) is 0 Å². The molecule has 0 amide bonds. The number of benzene rings is 1. The molecule has 0 bridgehead atoms. The van der Waals surface area contributed by atoms with Crippen molar-refractivity contribution in [3.63, 3.8) is 0 Å². The van der Waals surface area contributed by atoms with E-state index in [4.69, 9.17) is 24.4 Å². The van der Waals surface area contributed by atoms with Crippen LogP contribution in [0.4, 0.5) is 0 Å². The maximum atomic E-state index is 6.28. The summed E-state index contributed by atoms with van der Waals surface area (Å²) in [5.41, 5.74) is 7.11. The van der Waals surface area contributed by atoms with Gasteiger partial charge in [0, 0.05) is 6.54 Å². The summed E-state index contributed by atoms with van der Waals surface area (Å²) >= 11 is 0. The summed E-state index contributed by atoms with van der Waals surface area (Å²) in [5, 5.41) is 0. The summed E-state index contributed by atoms with van der Waals surface area (Å²) in [6, 6.07) is 6.07. The van der Waals surface area contributed by atoms with Crippen LogP contribution < -0.4 is 16.7 Å². The minimum Gasteiger partial charge on any atom is -0.399 e. The molecule has 0 aliphatic carbocycles. The first-order chi connectivity index (χ1) is 11.8. The van der Waals surface area contributed by atoms with Gasteiger partial charge in [-0.25, -0.2) is 0 Å². The van der Waals surface area contributed by atoms with E-state index in [9.17, 15) is 0 Å². The monoisotopic (exact) mass is 395 g/mol. The first-order valence-corrected chi connectivity index (χ1v) is 9.34. The van der Waals surface area contributed by atoms with Gasteiger partial charge in [-0.05, 0) is 71.9 Å². The summed E-state index contributed by atoms with van der Waals surface area (Å²) in [6.45, 7) is 16.9. The molecule has 0 radical (unpaired) electrons. The SMILES string of the molecule is CC1(C)OB(c2ccc(CN)cc2B2OC(C)(C)C(C)(C)O2)OC1(C)C.Cl. The Hall–Kier alpha value is -0.560. The van der Waals surface area contributed by atoms with Crippen molar-refractivity contribution in [2.24, 2.45) is 5.73 Å². The van der Waals surface area contributed by atoms with E-state index in [-0.39, 0.29) is 12.4 Å². The molecule has 8 heteroatoms. The Morgan fingerprint density at radius 1 is 0.704 bits per heavy atom. The highest BCUT2D eigenvalue weighted by atomic mass is 35.5. The van der Waals surface area contributed by atoms with Crippen molar-refractivity contribution in [3.8, 4) is 0 Å². The van der Waals surface area contributed by atoms with Crippen LogP contribution in [-0.2, 0) is 25.2 Å². The van der Waals surface area contributed by atoms with Gasteiger partial charge in [-0.15, -0.1) is 12.4 Å². The zero-order valence-electron chi connectivity index (χ0n) is 17.7. The molecule has 2 aliphatic heterocycles. The fourth-order valence-corrected chi connectivity index (χ4v) is 3.11. The molecule has 0 spiro atoms. The lowest BCUT2D eigenvalue weighted by Crippen LogP contribution is -2.52. The summed E-state index contributed by atoms with van der Waals surface area (Å²) in [4.78, 5) is 0. The Balaban J connectivity index is 0.00000261. The largest absolute Gasteiger partial charge is 0.494 e. The Morgan fingerprint density at radius 3 is 1.44 bits per heavy atom. The van der Waals surface area contributed by atoms with E-state index in [1.165, 1.54) is 0 Å². The van der Waals surface area contributed by atoms with Crippen LogP contribution in [0.3, 0.4) is 0 Å². The molecule has 2 saturated heterocycles. The Morgan fingerprint density at radius 2 is 1.07 bits per heavy atom. The molecule has 150 valence electrons. The van der Waals surface area contributed by atoms with Crippen LogP contribution in [0.15, 0.2) is 18.2 Å². The Kier molecular flexibility index (Phi) is 5.93. The van der Waals surface area contributed by atoms with Gasteiger partial charge in [0.05, 0.1) is 22.4 Å². The van der Waals surface area contributed by atoms with Gasteiger partial charge in [0.1, 0.15) is 0 Å². The number of hydrogen-bond acceptors (Lipinski definition) is 5. The first-order valence-electron chi connectivity index (χ1n) is 9.34. The van der Waals surface area contributed by atoms with Gasteiger partial charge < -0.3 is 24.4 Å². The van der Waals surface area contributed by atoms with Crippen molar-refractivity contribution in [1.82, 2.24) is 0 Å². The highest BCUT2D eigenvalue weighted by Gasteiger charge is 2.56. The van der Waals surface area contributed by atoms with Crippen LogP contribution in [0.25, 0.3) is 0 Å².